The van der Waals surface area contributed by atoms with Gasteiger partial charge in [0.2, 0.25) is 5.91 Å². The minimum atomic E-state index is -0.558. The van der Waals surface area contributed by atoms with E-state index in [4.69, 9.17) is 9.47 Å². The highest BCUT2D eigenvalue weighted by Crippen LogP contribution is 2.19. The molecule has 6 nitrogen and oxygen atoms in total. The van der Waals surface area contributed by atoms with E-state index in [9.17, 15) is 9.59 Å². The van der Waals surface area contributed by atoms with Crippen LogP contribution in [0.25, 0.3) is 0 Å². The molecular formula is C17H24N2O4. The van der Waals surface area contributed by atoms with Crippen LogP contribution in [0.2, 0.25) is 0 Å². The predicted octanol–water partition coefficient (Wildman–Crippen LogP) is 1.54. The van der Waals surface area contributed by atoms with E-state index in [2.05, 4.69) is 0 Å². The van der Waals surface area contributed by atoms with Crippen LogP contribution in [0.4, 0.5) is 0 Å². The minimum absolute atomic E-state index is 0.0517. The Morgan fingerprint density at radius 2 is 1.57 bits per heavy atom. The molecule has 0 bridgehead atoms. The van der Waals surface area contributed by atoms with E-state index in [-0.39, 0.29) is 11.8 Å². The second kappa shape index (κ2) is 7.85. The summed E-state index contributed by atoms with van der Waals surface area (Å²) < 4.78 is 11.1. The van der Waals surface area contributed by atoms with Gasteiger partial charge >= 0.3 is 0 Å². The summed E-state index contributed by atoms with van der Waals surface area (Å²) in [6, 6.07) is 7.23. The molecule has 1 aromatic carbocycles. The Morgan fingerprint density at radius 1 is 1.04 bits per heavy atom. The number of nitrogens with zero attached hydrogens (tertiary/aromatic N) is 2. The molecular weight excluding hydrogens is 296 g/mol. The first-order valence-electron chi connectivity index (χ1n) is 7.95. The molecule has 1 unspecified atom stereocenters. The van der Waals surface area contributed by atoms with E-state index in [1.54, 1.807) is 35.8 Å². The van der Waals surface area contributed by atoms with Crippen molar-refractivity contribution in [1.82, 2.24) is 9.80 Å². The summed E-state index contributed by atoms with van der Waals surface area (Å²) in [5.41, 5.74) is 0. The fourth-order valence-corrected chi connectivity index (χ4v) is 2.53. The SMILES string of the molecule is CCOc1ccc(OC(C)C(=O)N2CCN(C(C)=O)CC2)cc1. The van der Waals surface area contributed by atoms with Gasteiger partial charge in [-0.15, -0.1) is 0 Å². The maximum Gasteiger partial charge on any atom is 0.263 e. The van der Waals surface area contributed by atoms with E-state index >= 15 is 0 Å². The molecule has 0 radical (unpaired) electrons. The van der Waals surface area contributed by atoms with E-state index < -0.39 is 6.10 Å². The number of hydrogen-bond donors (Lipinski definition) is 0. The normalized spacial score (nSPS) is 16.0. The van der Waals surface area contributed by atoms with Crippen LogP contribution in [0.15, 0.2) is 24.3 Å². The molecule has 0 saturated carbocycles. The molecule has 0 aromatic heterocycles. The minimum Gasteiger partial charge on any atom is -0.494 e. The molecule has 1 aliphatic rings. The summed E-state index contributed by atoms with van der Waals surface area (Å²) in [6.07, 6.45) is -0.558. The van der Waals surface area contributed by atoms with E-state index in [0.717, 1.165) is 5.75 Å². The average molecular weight is 320 g/mol. The first kappa shape index (κ1) is 17.1. The number of carbonyl (C=O) groups excluding carboxylic acids is 2. The van der Waals surface area contributed by atoms with Crippen molar-refractivity contribution in [3.8, 4) is 11.5 Å². The van der Waals surface area contributed by atoms with Crippen LogP contribution in [-0.4, -0.2) is 60.5 Å². The van der Waals surface area contributed by atoms with Gasteiger partial charge in [0.05, 0.1) is 6.61 Å². The Labute approximate surface area is 137 Å². The molecule has 0 N–H and O–H groups in total. The third-order valence-corrected chi connectivity index (χ3v) is 3.83. The van der Waals surface area contributed by atoms with Gasteiger partial charge in [0, 0.05) is 33.1 Å². The third-order valence-electron chi connectivity index (χ3n) is 3.83. The Kier molecular flexibility index (Phi) is 5.84. The van der Waals surface area contributed by atoms with Gasteiger partial charge in [0.15, 0.2) is 6.10 Å². The number of benzene rings is 1. The van der Waals surface area contributed by atoms with Crippen LogP contribution < -0.4 is 9.47 Å². The summed E-state index contributed by atoms with van der Waals surface area (Å²) in [5, 5.41) is 0. The third kappa shape index (κ3) is 4.61. The number of ether oxygens (including phenoxy) is 2. The molecule has 2 rings (SSSR count). The molecule has 126 valence electrons. The van der Waals surface area contributed by atoms with Gasteiger partial charge in [-0.05, 0) is 38.1 Å². The summed E-state index contributed by atoms with van der Waals surface area (Å²) in [4.78, 5) is 27.2. The monoisotopic (exact) mass is 320 g/mol. The maximum absolute atomic E-state index is 12.4. The van der Waals surface area contributed by atoms with Crippen molar-refractivity contribution in [3.05, 3.63) is 24.3 Å². The highest BCUT2D eigenvalue weighted by atomic mass is 16.5. The second-order valence-corrected chi connectivity index (χ2v) is 5.50. The van der Waals surface area contributed by atoms with Gasteiger partial charge < -0.3 is 19.3 Å². The molecule has 1 aromatic rings. The fraction of sp³-hybridized carbons (Fsp3) is 0.529. The second-order valence-electron chi connectivity index (χ2n) is 5.50. The van der Waals surface area contributed by atoms with Crippen molar-refractivity contribution in [3.63, 3.8) is 0 Å². The van der Waals surface area contributed by atoms with E-state index in [1.807, 2.05) is 19.1 Å². The maximum atomic E-state index is 12.4. The molecule has 23 heavy (non-hydrogen) atoms. The molecule has 1 aliphatic heterocycles. The molecule has 1 atom stereocenters. The molecule has 6 heteroatoms. The van der Waals surface area contributed by atoms with Crippen molar-refractivity contribution in [2.75, 3.05) is 32.8 Å². The zero-order valence-corrected chi connectivity index (χ0v) is 13.9. The van der Waals surface area contributed by atoms with Crippen LogP contribution in [-0.2, 0) is 9.59 Å². The lowest BCUT2D eigenvalue weighted by Crippen LogP contribution is -2.52. The molecule has 0 aliphatic carbocycles. The zero-order valence-electron chi connectivity index (χ0n) is 13.9. The smallest absolute Gasteiger partial charge is 0.263 e. The largest absolute Gasteiger partial charge is 0.494 e. The first-order valence-corrected chi connectivity index (χ1v) is 7.95. The quantitative estimate of drug-likeness (QED) is 0.826. The fourth-order valence-electron chi connectivity index (χ4n) is 2.53. The predicted molar refractivity (Wildman–Crippen MR) is 86.5 cm³/mol. The standard InChI is InChI=1S/C17H24N2O4/c1-4-22-15-5-7-16(8-6-15)23-13(2)17(21)19-11-9-18(10-12-19)14(3)20/h5-8,13H,4,9-12H2,1-3H3. The van der Waals surface area contributed by atoms with Gasteiger partial charge in [0.1, 0.15) is 11.5 Å². The molecule has 1 heterocycles. The highest BCUT2D eigenvalue weighted by Gasteiger charge is 2.26. The van der Waals surface area contributed by atoms with Crippen LogP contribution in [0.1, 0.15) is 20.8 Å². The molecule has 0 spiro atoms. The van der Waals surface area contributed by atoms with Crippen molar-refractivity contribution in [2.45, 2.75) is 26.9 Å². The van der Waals surface area contributed by atoms with Gasteiger partial charge in [-0.25, -0.2) is 0 Å². The van der Waals surface area contributed by atoms with Crippen LogP contribution >= 0.6 is 0 Å². The number of hydrogen-bond acceptors (Lipinski definition) is 4. The summed E-state index contributed by atoms with van der Waals surface area (Å²) in [7, 11) is 0. The Balaban J connectivity index is 1.86. The summed E-state index contributed by atoms with van der Waals surface area (Å²) in [6.45, 7) is 8.10. The molecule has 2 amide bonds. The Hall–Kier alpha value is -2.24. The van der Waals surface area contributed by atoms with Gasteiger partial charge in [-0.3, -0.25) is 9.59 Å². The topological polar surface area (TPSA) is 59.1 Å². The van der Waals surface area contributed by atoms with Crippen LogP contribution in [0.3, 0.4) is 0 Å². The molecule has 1 fully saturated rings. The van der Waals surface area contributed by atoms with E-state index in [0.29, 0.717) is 38.5 Å². The van der Waals surface area contributed by atoms with Crippen molar-refractivity contribution >= 4 is 11.8 Å². The van der Waals surface area contributed by atoms with Crippen molar-refractivity contribution in [2.24, 2.45) is 0 Å². The summed E-state index contributed by atoms with van der Waals surface area (Å²) >= 11 is 0. The average Bonchev–Trinajstić information content (AvgIpc) is 2.56. The molecule has 1 saturated heterocycles. The Bertz CT molecular complexity index is 536. The van der Waals surface area contributed by atoms with E-state index in [1.165, 1.54) is 0 Å². The number of amides is 2. The van der Waals surface area contributed by atoms with Crippen LogP contribution in [0.5, 0.6) is 11.5 Å². The zero-order chi connectivity index (χ0) is 16.8. The van der Waals surface area contributed by atoms with Gasteiger partial charge in [-0.2, -0.15) is 0 Å². The van der Waals surface area contributed by atoms with Gasteiger partial charge in [0.25, 0.3) is 5.91 Å². The summed E-state index contributed by atoms with van der Waals surface area (Å²) in [5.74, 6) is 1.41. The number of rotatable bonds is 5. The number of carbonyl (C=O) groups is 2. The first-order chi connectivity index (χ1) is 11.0. The Morgan fingerprint density at radius 3 is 2.09 bits per heavy atom. The van der Waals surface area contributed by atoms with Crippen molar-refractivity contribution in [1.29, 1.82) is 0 Å². The number of piperazine rings is 1. The highest BCUT2D eigenvalue weighted by molar-refractivity contribution is 5.81. The van der Waals surface area contributed by atoms with Gasteiger partial charge in [-0.1, -0.05) is 0 Å². The lowest BCUT2D eigenvalue weighted by atomic mass is 10.2. The van der Waals surface area contributed by atoms with Crippen LogP contribution in [0, 0.1) is 0 Å². The lowest BCUT2D eigenvalue weighted by molar-refractivity contribution is -0.143. The lowest BCUT2D eigenvalue weighted by Gasteiger charge is -2.35. The van der Waals surface area contributed by atoms with Crippen molar-refractivity contribution < 1.29 is 19.1 Å².